The molecule has 0 heterocycles. The van der Waals surface area contributed by atoms with Crippen LogP contribution in [-0.4, -0.2) is 6.04 Å². The summed E-state index contributed by atoms with van der Waals surface area (Å²) >= 11 is 0. The largest absolute Gasteiger partial charge is 0.327 e. The van der Waals surface area contributed by atoms with Gasteiger partial charge in [-0.3, -0.25) is 0 Å². The molecule has 0 saturated heterocycles. The number of hydrogen-bond acceptors (Lipinski definition) is 1. The molecule has 0 aromatic carbocycles. The van der Waals surface area contributed by atoms with Gasteiger partial charge in [0.15, 0.2) is 0 Å². The summed E-state index contributed by atoms with van der Waals surface area (Å²) in [6.07, 6.45) is 24.4. The second kappa shape index (κ2) is 16.2. The highest BCUT2D eigenvalue weighted by Gasteiger charge is 2.21. The van der Waals surface area contributed by atoms with Gasteiger partial charge in [-0.15, -0.1) is 6.58 Å². The molecule has 144 valence electrons. The van der Waals surface area contributed by atoms with Gasteiger partial charge in [0.05, 0.1) is 0 Å². The van der Waals surface area contributed by atoms with Crippen molar-refractivity contribution >= 4 is 0 Å². The summed E-state index contributed by atoms with van der Waals surface area (Å²) in [6.45, 7) is 10.6. The molecule has 0 amide bonds. The molecule has 1 unspecified atom stereocenters. The summed E-state index contributed by atoms with van der Waals surface area (Å²) in [5.41, 5.74) is 6.32. The van der Waals surface area contributed by atoms with Crippen LogP contribution in [0.5, 0.6) is 0 Å². The lowest BCUT2D eigenvalue weighted by molar-refractivity contribution is 0.343. The molecular weight excluding hydrogens is 290 g/mol. The predicted molar refractivity (Wildman–Crippen MR) is 111 cm³/mol. The second-order valence-electron chi connectivity index (χ2n) is 8.37. The first-order valence-corrected chi connectivity index (χ1v) is 10.9. The topological polar surface area (TPSA) is 26.0 Å². The predicted octanol–water partition coefficient (Wildman–Crippen LogP) is 7.79. The van der Waals surface area contributed by atoms with E-state index in [1.54, 1.807) is 0 Å². The molecule has 2 N–H and O–H groups in total. The van der Waals surface area contributed by atoms with Crippen LogP contribution in [0.3, 0.4) is 0 Å². The fourth-order valence-electron chi connectivity index (χ4n) is 3.26. The molecule has 1 heteroatoms. The van der Waals surface area contributed by atoms with E-state index in [0.29, 0.717) is 0 Å². The van der Waals surface area contributed by atoms with E-state index in [1.807, 2.05) is 6.08 Å². The van der Waals surface area contributed by atoms with Crippen molar-refractivity contribution in [3.8, 4) is 0 Å². The van der Waals surface area contributed by atoms with Crippen molar-refractivity contribution in [3.05, 3.63) is 12.7 Å². The zero-order valence-corrected chi connectivity index (χ0v) is 17.3. The zero-order valence-electron chi connectivity index (χ0n) is 17.3. The van der Waals surface area contributed by atoms with Crippen molar-refractivity contribution in [2.45, 2.75) is 130 Å². The van der Waals surface area contributed by atoms with E-state index in [0.717, 1.165) is 6.42 Å². The van der Waals surface area contributed by atoms with E-state index in [-0.39, 0.29) is 11.5 Å². The van der Waals surface area contributed by atoms with Crippen LogP contribution in [0.1, 0.15) is 124 Å². The fourth-order valence-corrected chi connectivity index (χ4v) is 3.26. The molecule has 0 bridgehead atoms. The van der Waals surface area contributed by atoms with Crippen molar-refractivity contribution in [3.63, 3.8) is 0 Å². The maximum Gasteiger partial charge on any atom is 0.0125 e. The molecule has 0 spiro atoms. The molecular formula is C23H47N. The van der Waals surface area contributed by atoms with Gasteiger partial charge in [-0.2, -0.15) is 0 Å². The minimum atomic E-state index is 0.0794. The number of rotatable bonds is 18. The Balaban J connectivity index is 3.19. The Morgan fingerprint density at radius 3 is 1.38 bits per heavy atom. The van der Waals surface area contributed by atoms with Gasteiger partial charge >= 0.3 is 0 Å². The first-order chi connectivity index (χ1) is 11.5. The first-order valence-electron chi connectivity index (χ1n) is 10.9. The number of nitrogens with two attached hydrogens (primary N) is 1. The molecule has 0 fully saturated rings. The highest BCUT2D eigenvalue weighted by Crippen LogP contribution is 2.24. The molecule has 0 aromatic rings. The molecule has 0 aliphatic carbocycles. The van der Waals surface area contributed by atoms with Crippen LogP contribution in [0.4, 0.5) is 0 Å². The van der Waals surface area contributed by atoms with Gasteiger partial charge in [-0.1, -0.05) is 123 Å². The van der Waals surface area contributed by atoms with Crippen LogP contribution in [0.2, 0.25) is 0 Å². The molecule has 0 saturated carbocycles. The molecule has 0 rings (SSSR count). The molecule has 0 aliphatic rings. The van der Waals surface area contributed by atoms with Gasteiger partial charge in [-0.25, -0.2) is 0 Å². The Kier molecular flexibility index (Phi) is 16.0. The van der Waals surface area contributed by atoms with Crippen LogP contribution in [0.25, 0.3) is 0 Å². The summed E-state index contributed by atoms with van der Waals surface area (Å²) in [6, 6.07) is 0.261. The van der Waals surface area contributed by atoms with E-state index in [1.165, 1.54) is 96.3 Å². The smallest absolute Gasteiger partial charge is 0.0125 e. The summed E-state index contributed by atoms with van der Waals surface area (Å²) < 4.78 is 0. The third-order valence-corrected chi connectivity index (χ3v) is 5.60. The van der Waals surface area contributed by atoms with Gasteiger partial charge in [0.2, 0.25) is 0 Å². The second-order valence-corrected chi connectivity index (χ2v) is 8.37. The third kappa shape index (κ3) is 14.1. The van der Waals surface area contributed by atoms with Crippen molar-refractivity contribution < 1.29 is 0 Å². The quantitative estimate of drug-likeness (QED) is 0.200. The van der Waals surface area contributed by atoms with Crippen molar-refractivity contribution in [2.75, 3.05) is 0 Å². The number of unbranched alkanes of at least 4 members (excludes halogenated alkanes) is 14. The fraction of sp³-hybridized carbons (Fsp3) is 0.913. The Morgan fingerprint density at radius 2 is 1.04 bits per heavy atom. The normalized spacial score (nSPS) is 13.2. The van der Waals surface area contributed by atoms with Crippen molar-refractivity contribution in [1.29, 1.82) is 0 Å². The van der Waals surface area contributed by atoms with E-state index < -0.39 is 0 Å². The average Bonchev–Trinajstić information content (AvgIpc) is 2.58. The average molecular weight is 338 g/mol. The Morgan fingerprint density at radius 1 is 0.708 bits per heavy atom. The summed E-state index contributed by atoms with van der Waals surface area (Å²) in [5.74, 6) is 0. The minimum Gasteiger partial charge on any atom is -0.327 e. The highest BCUT2D eigenvalue weighted by molar-refractivity contribution is 4.95. The summed E-state index contributed by atoms with van der Waals surface area (Å²) in [7, 11) is 0. The molecule has 24 heavy (non-hydrogen) atoms. The van der Waals surface area contributed by atoms with Gasteiger partial charge < -0.3 is 5.73 Å². The molecule has 0 radical (unpaired) electrons. The molecule has 1 nitrogen and oxygen atoms in total. The number of hydrogen-bond donors (Lipinski definition) is 1. The van der Waals surface area contributed by atoms with Crippen LogP contribution < -0.4 is 5.73 Å². The SMILES string of the molecule is C=CC(C)(C)C(N)CCCCCCCCCCCCCCCCC. The molecule has 0 aromatic heterocycles. The Bertz CT molecular complexity index is 269. The molecule has 1 atom stereocenters. The van der Waals surface area contributed by atoms with Gasteiger partial charge in [0, 0.05) is 6.04 Å². The monoisotopic (exact) mass is 337 g/mol. The van der Waals surface area contributed by atoms with Gasteiger partial charge in [-0.05, 0) is 11.8 Å². The lowest BCUT2D eigenvalue weighted by Crippen LogP contribution is -2.35. The van der Waals surface area contributed by atoms with Crippen LogP contribution in [0, 0.1) is 5.41 Å². The Labute approximate surface area is 153 Å². The maximum absolute atomic E-state index is 6.24. The Hall–Kier alpha value is -0.300. The van der Waals surface area contributed by atoms with E-state index in [4.69, 9.17) is 5.73 Å². The van der Waals surface area contributed by atoms with Gasteiger partial charge in [0.1, 0.15) is 0 Å². The van der Waals surface area contributed by atoms with Crippen molar-refractivity contribution in [2.24, 2.45) is 11.1 Å². The van der Waals surface area contributed by atoms with E-state index in [9.17, 15) is 0 Å². The summed E-state index contributed by atoms with van der Waals surface area (Å²) in [4.78, 5) is 0. The standard InChI is InChI=1S/C23H47N/c1-5-7-8-9-10-11-12-13-14-15-16-17-18-19-20-21-22(24)23(3,4)6-2/h6,22H,2,5,7-21,24H2,1,3-4H3. The van der Waals surface area contributed by atoms with Crippen LogP contribution >= 0.6 is 0 Å². The highest BCUT2D eigenvalue weighted by atomic mass is 14.7. The lowest BCUT2D eigenvalue weighted by atomic mass is 9.82. The first kappa shape index (κ1) is 23.7. The summed E-state index contributed by atoms with van der Waals surface area (Å²) in [5, 5.41) is 0. The lowest BCUT2D eigenvalue weighted by Gasteiger charge is -2.28. The van der Waals surface area contributed by atoms with Crippen LogP contribution in [-0.2, 0) is 0 Å². The third-order valence-electron chi connectivity index (χ3n) is 5.60. The molecule has 0 aliphatic heterocycles. The van der Waals surface area contributed by atoms with Crippen molar-refractivity contribution in [1.82, 2.24) is 0 Å². The zero-order chi connectivity index (χ0) is 18.1. The minimum absolute atomic E-state index is 0.0794. The van der Waals surface area contributed by atoms with Gasteiger partial charge in [0.25, 0.3) is 0 Å². The van der Waals surface area contributed by atoms with E-state index in [2.05, 4.69) is 27.4 Å². The maximum atomic E-state index is 6.24. The van der Waals surface area contributed by atoms with E-state index >= 15 is 0 Å². The van der Waals surface area contributed by atoms with Crippen LogP contribution in [0.15, 0.2) is 12.7 Å².